The van der Waals surface area contributed by atoms with Gasteiger partial charge >= 0.3 is 0 Å². The second-order valence-electron chi connectivity index (χ2n) is 6.18. The summed E-state index contributed by atoms with van der Waals surface area (Å²) in [4.78, 5) is 10.6. The van der Waals surface area contributed by atoms with Crippen molar-refractivity contribution in [2.45, 2.75) is 38.3 Å². The largest absolute Gasteiger partial charge is 0.369 e. The van der Waals surface area contributed by atoms with Crippen LogP contribution in [0.5, 0.6) is 0 Å². The molecule has 0 aromatic carbocycles. The van der Waals surface area contributed by atoms with E-state index in [1.807, 2.05) is 35.4 Å². The molecular formula is C20H19N3O. The van der Waals surface area contributed by atoms with Crippen molar-refractivity contribution >= 4 is 5.84 Å². The molecule has 0 fully saturated rings. The van der Waals surface area contributed by atoms with E-state index in [1.165, 1.54) is 6.42 Å². The minimum absolute atomic E-state index is 0.590. The van der Waals surface area contributed by atoms with Crippen molar-refractivity contribution in [3.05, 3.63) is 65.3 Å². The molecule has 4 rings (SSSR count). The fourth-order valence-electron chi connectivity index (χ4n) is 3.25. The molecule has 3 heterocycles. The van der Waals surface area contributed by atoms with Crippen LogP contribution in [-0.4, -0.2) is 27.1 Å². The van der Waals surface area contributed by atoms with Gasteiger partial charge in [-0.05, 0) is 50.0 Å². The Morgan fingerprint density at radius 3 is 2.79 bits per heavy atom. The number of rotatable bonds is 0. The Balaban J connectivity index is 1.64. The van der Waals surface area contributed by atoms with E-state index in [-0.39, 0.29) is 0 Å². The molecule has 0 radical (unpaired) electrons. The smallest absolute Gasteiger partial charge is 0.156 e. The Hall–Kier alpha value is -2.64. The first-order chi connectivity index (χ1) is 11.8. The molecule has 4 heteroatoms. The summed E-state index contributed by atoms with van der Waals surface area (Å²) in [6.45, 7) is 0. The molecule has 1 aromatic rings. The van der Waals surface area contributed by atoms with E-state index in [4.69, 9.17) is 4.99 Å². The molecule has 1 unspecified atom stereocenters. The molecule has 0 amide bonds. The van der Waals surface area contributed by atoms with Crippen LogP contribution in [0.25, 0.3) is 0 Å². The Morgan fingerprint density at radius 2 is 1.92 bits per heavy atom. The van der Waals surface area contributed by atoms with Gasteiger partial charge in [0.2, 0.25) is 0 Å². The number of amidine groups is 1. The van der Waals surface area contributed by atoms with E-state index >= 15 is 0 Å². The summed E-state index contributed by atoms with van der Waals surface area (Å²) < 4.78 is 0. The molecule has 3 aliphatic rings. The maximum absolute atomic E-state index is 10.7. The lowest BCUT2D eigenvalue weighted by molar-refractivity contribution is 0.109. The monoisotopic (exact) mass is 317 g/mol. The third-order valence-electron chi connectivity index (χ3n) is 4.55. The lowest BCUT2D eigenvalue weighted by atomic mass is 10.0. The number of nitrogens with zero attached hydrogens (tertiary/aromatic N) is 3. The first-order valence-electron chi connectivity index (χ1n) is 8.40. The Labute approximate surface area is 141 Å². The van der Waals surface area contributed by atoms with Crippen molar-refractivity contribution in [2.24, 2.45) is 4.99 Å². The summed E-state index contributed by atoms with van der Waals surface area (Å²) in [5.41, 5.74) is 3.98. The number of hydrogen-bond acceptors (Lipinski definition) is 4. The number of aliphatic hydroxyl groups is 1. The summed E-state index contributed by atoms with van der Waals surface area (Å²) in [7, 11) is 0. The van der Waals surface area contributed by atoms with Crippen LogP contribution in [-0.2, 0) is 0 Å². The van der Waals surface area contributed by atoms with Crippen molar-refractivity contribution < 1.29 is 5.11 Å². The molecule has 1 aliphatic carbocycles. The summed E-state index contributed by atoms with van der Waals surface area (Å²) in [6.07, 6.45) is 14.0. The van der Waals surface area contributed by atoms with Gasteiger partial charge in [-0.15, -0.1) is 0 Å². The maximum Gasteiger partial charge on any atom is 0.156 e. The number of allylic oxidation sites excluding steroid dienone is 3. The Bertz CT molecular complexity index is 821. The summed E-state index contributed by atoms with van der Waals surface area (Å²) >= 11 is 0. The van der Waals surface area contributed by atoms with E-state index in [0.717, 1.165) is 53.9 Å². The highest BCUT2D eigenvalue weighted by Crippen LogP contribution is 2.33. The van der Waals surface area contributed by atoms with E-state index in [9.17, 15) is 5.11 Å². The highest BCUT2D eigenvalue weighted by atomic mass is 16.3. The summed E-state index contributed by atoms with van der Waals surface area (Å²) in [6, 6.07) is 3.77. The van der Waals surface area contributed by atoms with E-state index in [0.29, 0.717) is 0 Å². The molecule has 1 N–H and O–H groups in total. The van der Waals surface area contributed by atoms with Gasteiger partial charge in [0.05, 0.1) is 0 Å². The SMILES string of the molecule is OC1C2=C(CCCCC2)N=C2C=C(C#Cc3ccncc3)C=CN21. The number of aliphatic hydroxyl groups excluding tert-OH is 1. The quantitative estimate of drug-likeness (QED) is 0.748. The minimum Gasteiger partial charge on any atom is -0.369 e. The number of aromatic nitrogens is 1. The zero-order valence-corrected chi connectivity index (χ0v) is 13.4. The van der Waals surface area contributed by atoms with Crippen molar-refractivity contribution in [1.29, 1.82) is 0 Å². The number of aliphatic imine (C=N–C) groups is 1. The van der Waals surface area contributed by atoms with Gasteiger partial charge in [-0.1, -0.05) is 18.3 Å². The van der Waals surface area contributed by atoms with Crippen LogP contribution in [0.3, 0.4) is 0 Å². The summed E-state index contributed by atoms with van der Waals surface area (Å²) in [5, 5.41) is 10.7. The highest BCUT2D eigenvalue weighted by molar-refractivity contribution is 5.98. The van der Waals surface area contributed by atoms with Crippen LogP contribution in [0, 0.1) is 11.8 Å². The van der Waals surface area contributed by atoms with Gasteiger partial charge < -0.3 is 10.0 Å². The van der Waals surface area contributed by atoms with Crippen LogP contribution in [0.1, 0.15) is 37.7 Å². The van der Waals surface area contributed by atoms with Gasteiger partial charge in [0.1, 0.15) is 5.84 Å². The normalized spacial score (nSPS) is 22.5. The Morgan fingerprint density at radius 1 is 1.08 bits per heavy atom. The van der Waals surface area contributed by atoms with E-state index < -0.39 is 6.23 Å². The minimum atomic E-state index is -0.590. The van der Waals surface area contributed by atoms with Gasteiger partial charge in [0.15, 0.2) is 6.23 Å². The topological polar surface area (TPSA) is 48.7 Å². The molecule has 24 heavy (non-hydrogen) atoms. The molecule has 2 aliphatic heterocycles. The fourth-order valence-corrected chi connectivity index (χ4v) is 3.25. The van der Waals surface area contributed by atoms with E-state index in [1.54, 1.807) is 12.4 Å². The molecular weight excluding hydrogens is 298 g/mol. The van der Waals surface area contributed by atoms with Crippen molar-refractivity contribution in [2.75, 3.05) is 0 Å². The molecule has 0 saturated carbocycles. The average molecular weight is 317 g/mol. The van der Waals surface area contributed by atoms with Crippen LogP contribution in [0.15, 0.2) is 64.7 Å². The van der Waals surface area contributed by atoms with Crippen LogP contribution in [0.4, 0.5) is 0 Å². The third kappa shape index (κ3) is 2.91. The van der Waals surface area contributed by atoms with E-state index in [2.05, 4.69) is 16.8 Å². The third-order valence-corrected chi connectivity index (χ3v) is 4.55. The first-order valence-corrected chi connectivity index (χ1v) is 8.40. The predicted molar refractivity (Wildman–Crippen MR) is 93.7 cm³/mol. The lowest BCUT2D eigenvalue weighted by Crippen LogP contribution is -2.40. The molecule has 0 bridgehead atoms. The molecule has 120 valence electrons. The highest BCUT2D eigenvalue weighted by Gasteiger charge is 2.30. The van der Waals surface area contributed by atoms with Crippen molar-refractivity contribution in [1.82, 2.24) is 9.88 Å². The molecule has 0 spiro atoms. The van der Waals surface area contributed by atoms with Gasteiger partial charge in [0, 0.05) is 41.0 Å². The van der Waals surface area contributed by atoms with Gasteiger partial charge in [-0.3, -0.25) is 4.98 Å². The van der Waals surface area contributed by atoms with Gasteiger partial charge in [0.25, 0.3) is 0 Å². The number of hydrogen-bond donors (Lipinski definition) is 1. The zero-order valence-electron chi connectivity index (χ0n) is 13.4. The lowest BCUT2D eigenvalue weighted by Gasteiger charge is -2.34. The van der Waals surface area contributed by atoms with Crippen LogP contribution in [0.2, 0.25) is 0 Å². The van der Waals surface area contributed by atoms with Crippen molar-refractivity contribution in [3.8, 4) is 11.8 Å². The molecule has 1 aromatic heterocycles. The maximum atomic E-state index is 10.7. The first kappa shape index (κ1) is 14.9. The van der Waals surface area contributed by atoms with Crippen molar-refractivity contribution in [3.63, 3.8) is 0 Å². The number of pyridine rings is 1. The fraction of sp³-hybridized carbons (Fsp3) is 0.300. The molecule has 1 atom stereocenters. The molecule has 0 saturated heterocycles. The van der Waals surface area contributed by atoms with Gasteiger partial charge in [-0.2, -0.15) is 0 Å². The second kappa shape index (κ2) is 6.46. The Kier molecular flexibility index (Phi) is 4.02. The summed E-state index contributed by atoms with van der Waals surface area (Å²) in [5.74, 6) is 7.07. The average Bonchev–Trinajstić information content (AvgIpc) is 2.86. The standard InChI is InChI=1S/C20H19N3O/c24-20-17-4-2-1-3-5-18(17)22-19-14-16(10-13-23(19)20)7-6-15-8-11-21-12-9-15/h8-14,20,24H,1-5H2. The second-order valence-corrected chi connectivity index (χ2v) is 6.18. The number of fused-ring (bicyclic) bond motifs is 1. The predicted octanol–water partition coefficient (Wildman–Crippen LogP) is 3.14. The van der Waals surface area contributed by atoms with Crippen LogP contribution >= 0.6 is 0 Å². The zero-order chi connectivity index (χ0) is 16.4. The van der Waals surface area contributed by atoms with Gasteiger partial charge in [-0.25, -0.2) is 4.99 Å². The molecule has 4 nitrogen and oxygen atoms in total. The van der Waals surface area contributed by atoms with Crippen LogP contribution < -0.4 is 0 Å².